The zero-order valence-electron chi connectivity index (χ0n) is 27.0. The summed E-state index contributed by atoms with van der Waals surface area (Å²) in [5.41, 5.74) is 14.6. The van der Waals surface area contributed by atoms with Gasteiger partial charge in [0, 0.05) is 12.8 Å². The predicted octanol–water partition coefficient (Wildman–Crippen LogP) is 11.9. The van der Waals surface area contributed by atoms with Crippen molar-refractivity contribution in [2.75, 3.05) is 0 Å². The van der Waals surface area contributed by atoms with Crippen LogP contribution < -0.4 is 0 Å². The zero-order valence-corrected chi connectivity index (χ0v) is 29.3. The first-order valence-electron chi connectivity index (χ1n) is 17.2. The van der Waals surface area contributed by atoms with Crippen LogP contribution in [0.25, 0.3) is 11.5 Å². The van der Waals surface area contributed by atoms with Gasteiger partial charge in [-0.1, -0.05) is 168 Å². The second-order valence-electron chi connectivity index (χ2n) is 11.9. The number of hydrogen-bond donors (Lipinski definition) is 2. The van der Waals surface area contributed by atoms with Crippen LogP contribution in [0.2, 0.25) is 0 Å². The van der Waals surface area contributed by atoms with Crippen molar-refractivity contribution in [3.63, 3.8) is 0 Å². The summed E-state index contributed by atoms with van der Waals surface area (Å²) in [6.07, 6.45) is 33.0. The quantitative estimate of drug-likeness (QED) is 0.0950. The smallest absolute Gasteiger partial charge is 0.676 e. The predicted molar refractivity (Wildman–Crippen MR) is 172 cm³/mol. The topological polar surface area (TPSA) is 122 Å². The Bertz CT molecular complexity index is 491. The molecule has 0 amide bonds. The number of aliphatic carboxylic acids is 2. The van der Waals surface area contributed by atoms with Crippen LogP contribution >= 0.6 is 0 Å². The summed E-state index contributed by atoms with van der Waals surface area (Å²) in [6.45, 7) is 4.49. The van der Waals surface area contributed by atoms with Crippen molar-refractivity contribution in [1.82, 2.24) is 0 Å². The van der Waals surface area contributed by atoms with Crippen LogP contribution in [0.4, 0.5) is 0 Å². The average molecular weight is 764 g/mol. The first-order chi connectivity index (χ1) is 19.3. The van der Waals surface area contributed by atoms with E-state index in [0.29, 0.717) is 12.8 Å². The molecule has 0 aromatic carbocycles. The standard InChI is InChI=1S/2C14H28O2.C6H12N2.Pt/c2*1-2-3-4-5-6-7-8-9-10-11-12-13-14(15)16;7-5-3-1-2-4-6(5)8;/h2*2-13H2,1H3,(H,15,16);5-8H,1-4H2;/q;;-2;+2. The first-order valence-corrected chi connectivity index (χ1v) is 17.2. The molecule has 1 fully saturated rings. The van der Waals surface area contributed by atoms with E-state index in [9.17, 15) is 9.59 Å². The molecule has 0 aromatic rings. The van der Waals surface area contributed by atoms with Crippen LogP contribution in [-0.4, -0.2) is 34.2 Å². The van der Waals surface area contributed by atoms with Crippen LogP contribution in [0.3, 0.4) is 0 Å². The number of carboxylic acid groups (broad SMARTS) is 2. The monoisotopic (exact) mass is 763 g/mol. The van der Waals surface area contributed by atoms with E-state index in [1.54, 1.807) is 0 Å². The van der Waals surface area contributed by atoms with E-state index in [-0.39, 0.29) is 33.1 Å². The first kappa shape index (κ1) is 45.0. The van der Waals surface area contributed by atoms with Gasteiger partial charge in [-0.15, -0.1) is 0 Å². The van der Waals surface area contributed by atoms with Gasteiger partial charge in [0.05, 0.1) is 0 Å². The number of hydrogen-bond acceptors (Lipinski definition) is 2. The van der Waals surface area contributed by atoms with Crippen molar-refractivity contribution in [1.29, 1.82) is 0 Å². The Balaban J connectivity index is -0.000000548. The van der Waals surface area contributed by atoms with Gasteiger partial charge in [-0.2, -0.15) is 12.1 Å². The van der Waals surface area contributed by atoms with Crippen molar-refractivity contribution in [3.8, 4) is 0 Å². The Labute approximate surface area is 269 Å². The van der Waals surface area contributed by atoms with Crippen LogP contribution in [0.15, 0.2) is 0 Å². The number of rotatable bonds is 24. The SMILES string of the molecule is CCCCCCCCCCCCCC(=O)O.CCCCCCCCCCCCCC(=O)O.[NH-]C1CCCCC1[NH-].[Pt+2]. The maximum Gasteiger partial charge on any atom is 2.00 e. The van der Waals surface area contributed by atoms with E-state index in [4.69, 9.17) is 21.7 Å². The van der Waals surface area contributed by atoms with E-state index in [2.05, 4.69) is 13.8 Å². The fourth-order valence-electron chi connectivity index (χ4n) is 5.01. The van der Waals surface area contributed by atoms with Crippen molar-refractivity contribution in [2.24, 2.45) is 0 Å². The van der Waals surface area contributed by atoms with E-state index in [0.717, 1.165) is 38.5 Å². The molecule has 1 aliphatic carbocycles. The molecule has 6 nitrogen and oxygen atoms in total. The number of unbranched alkanes of at least 4 members (excludes halogenated alkanes) is 20. The van der Waals surface area contributed by atoms with Gasteiger partial charge in [-0.25, -0.2) is 0 Å². The Morgan fingerprint density at radius 3 is 0.902 bits per heavy atom. The van der Waals surface area contributed by atoms with Crippen LogP contribution in [0, 0.1) is 0 Å². The summed E-state index contributed by atoms with van der Waals surface area (Å²) in [6, 6.07) is -0.160. The minimum Gasteiger partial charge on any atom is -0.676 e. The van der Waals surface area contributed by atoms with Gasteiger partial charge in [0.1, 0.15) is 0 Å². The van der Waals surface area contributed by atoms with Crippen molar-refractivity contribution in [2.45, 2.75) is 206 Å². The second-order valence-corrected chi connectivity index (χ2v) is 11.9. The molecule has 0 bridgehead atoms. The van der Waals surface area contributed by atoms with Gasteiger partial charge < -0.3 is 21.7 Å². The van der Waals surface area contributed by atoms with Crippen LogP contribution in [0.5, 0.6) is 0 Å². The van der Waals surface area contributed by atoms with E-state index >= 15 is 0 Å². The molecular formula is C34H68N2O4Pt. The molecule has 7 heteroatoms. The molecule has 0 radical (unpaired) electrons. The largest absolute Gasteiger partial charge is 2.00 e. The van der Waals surface area contributed by atoms with Gasteiger partial charge in [0.15, 0.2) is 0 Å². The fourth-order valence-corrected chi connectivity index (χ4v) is 5.01. The number of carboxylic acids is 2. The molecule has 0 spiro atoms. The summed E-state index contributed by atoms with van der Waals surface area (Å²) in [5.74, 6) is -1.31. The average Bonchev–Trinajstić information content (AvgIpc) is 2.92. The third-order valence-electron chi connectivity index (χ3n) is 7.75. The third kappa shape index (κ3) is 41.7. The van der Waals surface area contributed by atoms with E-state index in [1.807, 2.05) is 0 Å². The van der Waals surface area contributed by atoms with Crippen molar-refractivity contribution in [3.05, 3.63) is 11.5 Å². The van der Waals surface area contributed by atoms with Crippen LogP contribution in [-0.2, 0) is 30.7 Å². The minimum atomic E-state index is -0.657. The molecule has 0 aliphatic heterocycles. The van der Waals surface area contributed by atoms with Gasteiger partial charge >= 0.3 is 33.0 Å². The Morgan fingerprint density at radius 1 is 0.488 bits per heavy atom. The molecule has 1 saturated carbocycles. The summed E-state index contributed by atoms with van der Waals surface area (Å²) < 4.78 is 0. The molecule has 1 rings (SSSR count). The van der Waals surface area contributed by atoms with Crippen molar-refractivity contribution < 1.29 is 40.9 Å². The summed E-state index contributed by atoms with van der Waals surface area (Å²) in [5, 5.41) is 16.9. The summed E-state index contributed by atoms with van der Waals surface area (Å²) >= 11 is 0. The molecule has 248 valence electrons. The van der Waals surface area contributed by atoms with Gasteiger partial charge in [0.2, 0.25) is 0 Å². The zero-order chi connectivity index (χ0) is 30.1. The van der Waals surface area contributed by atoms with Gasteiger partial charge in [-0.3, -0.25) is 9.59 Å². The molecule has 4 N–H and O–H groups in total. The Kier molecular flexibility index (Phi) is 41.2. The maximum atomic E-state index is 10.3. The van der Waals surface area contributed by atoms with E-state index in [1.165, 1.54) is 128 Å². The molecule has 0 aromatic heterocycles. The maximum absolute atomic E-state index is 10.3. The molecular weight excluding hydrogens is 695 g/mol. The molecule has 2 unspecified atom stereocenters. The summed E-state index contributed by atoms with van der Waals surface area (Å²) in [4.78, 5) is 20.5. The number of nitrogens with one attached hydrogen (secondary N) is 2. The van der Waals surface area contributed by atoms with Gasteiger partial charge in [0.25, 0.3) is 0 Å². The molecule has 0 saturated heterocycles. The Hall–Kier alpha value is -0.452. The van der Waals surface area contributed by atoms with Gasteiger partial charge in [-0.05, 0) is 12.8 Å². The normalized spacial score (nSPS) is 16.0. The van der Waals surface area contributed by atoms with E-state index < -0.39 is 11.9 Å². The molecule has 0 heterocycles. The fraction of sp³-hybridized carbons (Fsp3) is 0.941. The Morgan fingerprint density at radius 2 is 0.707 bits per heavy atom. The van der Waals surface area contributed by atoms with Crippen molar-refractivity contribution >= 4 is 11.9 Å². The second kappa shape index (κ2) is 37.6. The number of carbonyl (C=O) groups is 2. The molecule has 41 heavy (non-hydrogen) atoms. The van der Waals surface area contributed by atoms with Crippen LogP contribution in [0.1, 0.15) is 194 Å². The molecule has 2 atom stereocenters. The minimum absolute atomic E-state index is 0. The summed E-state index contributed by atoms with van der Waals surface area (Å²) in [7, 11) is 0. The third-order valence-corrected chi connectivity index (χ3v) is 7.75. The molecule has 1 aliphatic rings.